The van der Waals surface area contributed by atoms with E-state index in [9.17, 15) is 0 Å². The summed E-state index contributed by atoms with van der Waals surface area (Å²) in [4.78, 5) is 4.92. The molecule has 1 aliphatic carbocycles. The highest BCUT2D eigenvalue weighted by atomic mass is 16.3. The maximum absolute atomic E-state index is 7.08. The fourth-order valence-corrected chi connectivity index (χ4v) is 15.0. The molecule has 0 atom stereocenters. The molecule has 0 amide bonds. The van der Waals surface area contributed by atoms with E-state index in [1.54, 1.807) is 0 Å². The molecule has 2 aromatic heterocycles. The summed E-state index contributed by atoms with van der Waals surface area (Å²) >= 11 is 0. The predicted octanol–water partition coefficient (Wildman–Crippen LogP) is 23.6. The van der Waals surface area contributed by atoms with Crippen LogP contribution in [0.5, 0.6) is 0 Å². The molecule has 0 N–H and O–H groups in total. The largest absolute Gasteiger partial charge is 0.454 e. The van der Waals surface area contributed by atoms with Crippen molar-refractivity contribution in [3.05, 3.63) is 350 Å². The molecule has 1 aliphatic rings. The van der Waals surface area contributed by atoms with Crippen molar-refractivity contribution in [3.63, 3.8) is 0 Å². The number of fused-ring (bicyclic) bond motifs is 16. The second-order valence-corrected chi connectivity index (χ2v) is 23.3. The molecule has 18 rings (SSSR count). The van der Waals surface area contributed by atoms with Gasteiger partial charge in [-0.15, -0.1) is 0 Å². The van der Waals surface area contributed by atoms with Gasteiger partial charge in [0.25, 0.3) is 0 Å². The van der Waals surface area contributed by atoms with Gasteiger partial charge < -0.3 is 18.6 Å². The van der Waals surface area contributed by atoms with E-state index < -0.39 is 5.41 Å². The van der Waals surface area contributed by atoms with Crippen molar-refractivity contribution in [2.45, 2.75) is 5.41 Å². The predicted molar refractivity (Wildman–Crippen MR) is 371 cm³/mol. The Bertz CT molecular complexity index is 5590. The van der Waals surface area contributed by atoms with Crippen LogP contribution in [0.25, 0.3) is 110 Å². The van der Waals surface area contributed by atoms with Crippen LogP contribution in [0.3, 0.4) is 0 Å². The van der Waals surface area contributed by atoms with E-state index >= 15 is 0 Å². The zero-order chi connectivity index (χ0) is 58.6. The Balaban J connectivity index is 0.974. The second kappa shape index (κ2) is 20.2. The molecule has 0 saturated heterocycles. The SMILES string of the molecule is c1ccc(-c2ccccc2N(c2ccc3c4c(c5ccccc5c3c2)-c2c(cc(N(c3ccccc3-c3ccccc3)c3cccc5c3oc3ccccc35)c3ccccc23)C4(c2ccccc2)c2ccccc2)c2cccc3c2oc2ccccc23)cc1. The van der Waals surface area contributed by atoms with Gasteiger partial charge >= 0.3 is 0 Å². The topological polar surface area (TPSA) is 32.8 Å². The minimum Gasteiger partial charge on any atom is -0.454 e. The Morgan fingerprint density at radius 1 is 0.247 bits per heavy atom. The minimum atomic E-state index is -0.856. The number of furan rings is 2. The van der Waals surface area contributed by atoms with Crippen molar-refractivity contribution >= 4 is 110 Å². The maximum Gasteiger partial charge on any atom is 0.159 e. The van der Waals surface area contributed by atoms with E-state index in [4.69, 9.17) is 8.83 Å². The highest BCUT2D eigenvalue weighted by Crippen LogP contribution is 2.64. The molecular formula is C85H54N2O2. The van der Waals surface area contributed by atoms with Gasteiger partial charge in [-0.2, -0.15) is 0 Å². The van der Waals surface area contributed by atoms with Crippen molar-refractivity contribution < 1.29 is 8.83 Å². The number of rotatable bonds is 10. The summed E-state index contributed by atoms with van der Waals surface area (Å²) in [5.74, 6) is 0. The van der Waals surface area contributed by atoms with Gasteiger partial charge in [0, 0.05) is 43.7 Å². The van der Waals surface area contributed by atoms with Gasteiger partial charge in [0.1, 0.15) is 11.2 Å². The normalized spacial score (nSPS) is 12.6. The lowest BCUT2D eigenvalue weighted by Gasteiger charge is -2.36. The molecule has 89 heavy (non-hydrogen) atoms. The number of hydrogen-bond acceptors (Lipinski definition) is 4. The van der Waals surface area contributed by atoms with E-state index in [1.165, 1.54) is 49.5 Å². The van der Waals surface area contributed by atoms with Gasteiger partial charge in [-0.05, 0) is 126 Å². The first-order valence-electron chi connectivity index (χ1n) is 30.6. The Kier molecular flexibility index (Phi) is 11.5. The van der Waals surface area contributed by atoms with Crippen molar-refractivity contribution in [2.24, 2.45) is 0 Å². The molecule has 0 radical (unpaired) electrons. The first-order chi connectivity index (χ1) is 44.2. The third-order valence-electron chi connectivity index (χ3n) is 18.7. The van der Waals surface area contributed by atoms with E-state index in [1.807, 2.05) is 0 Å². The van der Waals surface area contributed by atoms with Crippen LogP contribution in [0, 0.1) is 0 Å². The monoisotopic (exact) mass is 1130 g/mol. The van der Waals surface area contributed by atoms with Crippen LogP contribution >= 0.6 is 0 Å². The summed E-state index contributed by atoms with van der Waals surface area (Å²) in [5.41, 5.74) is 20.3. The average Bonchev–Trinajstić information content (AvgIpc) is 1.53. The maximum atomic E-state index is 7.08. The summed E-state index contributed by atoms with van der Waals surface area (Å²) in [6.07, 6.45) is 0. The van der Waals surface area contributed by atoms with Crippen molar-refractivity contribution in [3.8, 4) is 33.4 Å². The van der Waals surface area contributed by atoms with Crippen LogP contribution in [0.4, 0.5) is 34.1 Å². The quantitative estimate of drug-likeness (QED) is 0.128. The molecule has 416 valence electrons. The summed E-state index contributed by atoms with van der Waals surface area (Å²) in [7, 11) is 0. The van der Waals surface area contributed by atoms with Gasteiger partial charge in [0.2, 0.25) is 0 Å². The van der Waals surface area contributed by atoms with E-state index in [-0.39, 0.29) is 0 Å². The fraction of sp³-hybridized carbons (Fsp3) is 0.0118. The van der Waals surface area contributed by atoms with E-state index in [0.717, 1.165) is 116 Å². The van der Waals surface area contributed by atoms with Gasteiger partial charge in [-0.3, -0.25) is 0 Å². The first kappa shape index (κ1) is 50.6. The highest BCUT2D eigenvalue weighted by molar-refractivity contribution is 6.25. The Hall–Kier alpha value is -11.7. The molecule has 17 aromatic rings. The van der Waals surface area contributed by atoms with Gasteiger partial charge in [-0.25, -0.2) is 0 Å². The first-order valence-corrected chi connectivity index (χ1v) is 30.6. The Labute approximate surface area is 514 Å². The molecular weight excluding hydrogens is 1080 g/mol. The van der Waals surface area contributed by atoms with Crippen LogP contribution in [-0.2, 0) is 5.41 Å². The third-order valence-corrected chi connectivity index (χ3v) is 18.7. The Morgan fingerprint density at radius 2 is 0.663 bits per heavy atom. The summed E-state index contributed by atoms with van der Waals surface area (Å²) < 4.78 is 14.0. The van der Waals surface area contributed by atoms with Gasteiger partial charge in [-0.1, -0.05) is 273 Å². The van der Waals surface area contributed by atoms with Crippen LogP contribution in [-0.4, -0.2) is 0 Å². The van der Waals surface area contributed by atoms with E-state index in [2.05, 4.69) is 337 Å². The molecule has 15 aromatic carbocycles. The minimum absolute atomic E-state index is 0.826. The molecule has 0 unspecified atom stereocenters. The number of nitrogens with zero attached hydrogens (tertiary/aromatic N) is 2. The van der Waals surface area contributed by atoms with Gasteiger partial charge in [0.15, 0.2) is 11.2 Å². The molecule has 0 spiro atoms. The lowest BCUT2D eigenvalue weighted by molar-refractivity contribution is 0.668. The van der Waals surface area contributed by atoms with Crippen molar-refractivity contribution in [2.75, 3.05) is 9.80 Å². The zero-order valence-electron chi connectivity index (χ0n) is 48.4. The number of benzene rings is 15. The number of hydrogen-bond donors (Lipinski definition) is 0. The molecule has 0 fully saturated rings. The van der Waals surface area contributed by atoms with Gasteiger partial charge in [0.05, 0.1) is 33.9 Å². The van der Waals surface area contributed by atoms with Crippen LogP contribution in [0.1, 0.15) is 22.3 Å². The molecule has 0 bridgehead atoms. The standard InChI is InChI=1S/C85H54N2O2/c1-5-27-55(28-6-1)60-35-17-21-45-73(60)86(75-47-25-43-69-64-39-19-23-49-78(64)88-83(69)75)59-51-52-68-71(53-59)62-37-13-15-41-66(62)81-80-67-42-16-14-38-63(67)77(54-72(80)85(82(68)81,57-31-9-3-10-32-57)58-33-11-4-12-34-58)87(74-46-22-18-36-61(74)56-29-7-2-8-30-56)76-48-26-44-70-65-40-20-24-50-79(65)89-84(70)76/h1-54H. The summed E-state index contributed by atoms with van der Waals surface area (Å²) in [5, 5.41) is 11.3. The molecule has 0 aliphatic heterocycles. The molecule has 0 saturated carbocycles. The van der Waals surface area contributed by atoms with Crippen molar-refractivity contribution in [1.82, 2.24) is 0 Å². The summed E-state index contributed by atoms with van der Waals surface area (Å²) in [6, 6.07) is 120. The number of anilines is 6. The second-order valence-electron chi connectivity index (χ2n) is 23.3. The average molecular weight is 1140 g/mol. The zero-order valence-corrected chi connectivity index (χ0v) is 48.4. The third kappa shape index (κ3) is 7.60. The van der Waals surface area contributed by atoms with E-state index in [0.29, 0.717) is 0 Å². The highest BCUT2D eigenvalue weighted by Gasteiger charge is 2.49. The lowest BCUT2D eigenvalue weighted by atomic mass is 9.66. The number of para-hydroxylation sites is 6. The molecule has 4 heteroatoms. The molecule has 4 nitrogen and oxygen atoms in total. The van der Waals surface area contributed by atoms with Crippen LogP contribution in [0.2, 0.25) is 0 Å². The lowest BCUT2D eigenvalue weighted by Crippen LogP contribution is -2.29. The summed E-state index contributed by atoms with van der Waals surface area (Å²) in [6.45, 7) is 0. The molecule has 2 heterocycles. The fourth-order valence-electron chi connectivity index (χ4n) is 15.0. The smallest absolute Gasteiger partial charge is 0.159 e. The Morgan fingerprint density at radius 3 is 1.22 bits per heavy atom. The van der Waals surface area contributed by atoms with Crippen molar-refractivity contribution in [1.29, 1.82) is 0 Å². The van der Waals surface area contributed by atoms with Crippen LogP contribution in [0.15, 0.2) is 336 Å². The van der Waals surface area contributed by atoms with Crippen LogP contribution < -0.4 is 9.80 Å².